The zero-order valence-corrected chi connectivity index (χ0v) is 8.94. The number of nitrogens with zero attached hydrogens (tertiary/aromatic N) is 1. The van der Waals surface area contributed by atoms with Gasteiger partial charge in [0.1, 0.15) is 0 Å². The fourth-order valence-electron chi connectivity index (χ4n) is 1.19. The summed E-state index contributed by atoms with van der Waals surface area (Å²) in [7, 11) is 0. The lowest BCUT2D eigenvalue weighted by Crippen LogP contribution is -1.95. The van der Waals surface area contributed by atoms with Crippen molar-refractivity contribution in [3.63, 3.8) is 0 Å². The van der Waals surface area contributed by atoms with Crippen LogP contribution in [-0.2, 0) is 6.42 Å². The van der Waals surface area contributed by atoms with Crippen LogP contribution in [0.3, 0.4) is 0 Å². The molecule has 0 atom stereocenters. The van der Waals surface area contributed by atoms with E-state index in [1.165, 1.54) is 0 Å². The topological polar surface area (TPSA) is 23.8 Å². The summed E-state index contributed by atoms with van der Waals surface area (Å²) >= 11 is 1.15. The molecule has 0 spiro atoms. The second-order valence-corrected chi connectivity index (χ2v) is 4.03. The minimum absolute atomic E-state index is 0.191. The van der Waals surface area contributed by atoms with E-state index >= 15 is 0 Å². The predicted molar refractivity (Wildman–Crippen MR) is 57.1 cm³/mol. The van der Waals surface area contributed by atoms with Crippen molar-refractivity contribution in [1.29, 1.82) is 5.26 Å². The standard InChI is InChI=1S/C11H11F2NS/c12-11(13)8-15-10-6-2-1-4-9(10)5-3-7-14/h1-2,4,6,11H,3,5,8H2. The fraction of sp³-hybridized carbons (Fsp3) is 0.364. The number of nitriles is 1. The van der Waals surface area contributed by atoms with Gasteiger partial charge in [-0.25, -0.2) is 8.78 Å². The first-order valence-electron chi connectivity index (χ1n) is 4.60. The van der Waals surface area contributed by atoms with Crippen LogP contribution in [0.5, 0.6) is 0 Å². The van der Waals surface area contributed by atoms with Crippen molar-refractivity contribution in [3.05, 3.63) is 29.8 Å². The van der Waals surface area contributed by atoms with Crippen molar-refractivity contribution in [1.82, 2.24) is 0 Å². The number of aryl methyl sites for hydroxylation is 1. The Balaban J connectivity index is 2.64. The largest absolute Gasteiger partial charge is 0.247 e. The molecule has 80 valence electrons. The maximum absolute atomic E-state index is 12.0. The van der Waals surface area contributed by atoms with E-state index < -0.39 is 6.43 Å². The van der Waals surface area contributed by atoms with Gasteiger partial charge in [-0.2, -0.15) is 5.26 Å². The first-order chi connectivity index (χ1) is 7.24. The molecule has 1 aromatic rings. The summed E-state index contributed by atoms with van der Waals surface area (Å²) in [5.41, 5.74) is 0.977. The van der Waals surface area contributed by atoms with Crippen molar-refractivity contribution in [2.75, 3.05) is 5.75 Å². The molecule has 4 heteroatoms. The Hall–Kier alpha value is -1.08. The van der Waals surface area contributed by atoms with Gasteiger partial charge in [-0.05, 0) is 18.1 Å². The van der Waals surface area contributed by atoms with E-state index in [0.29, 0.717) is 12.8 Å². The van der Waals surface area contributed by atoms with Crippen LogP contribution in [0.1, 0.15) is 12.0 Å². The third-order valence-corrected chi connectivity index (χ3v) is 2.97. The van der Waals surface area contributed by atoms with Gasteiger partial charge < -0.3 is 0 Å². The van der Waals surface area contributed by atoms with Crippen LogP contribution in [0, 0.1) is 11.3 Å². The highest BCUT2D eigenvalue weighted by Gasteiger charge is 2.06. The molecule has 0 unspecified atom stereocenters. The normalized spacial score (nSPS) is 10.3. The van der Waals surface area contributed by atoms with Gasteiger partial charge in [0.2, 0.25) is 6.43 Å². The van der Waals surface area contributed by atoms with Crippen LogP contribution in [-0.4, -0.2) is 12.2 Å². The number of halogens is 2. The van der Waals surface area contributed by atoms with Gasteiger partial charge in [-0.1, -0.05) is 18.2 Å². The molecule has 0 fully saturated rings. The monoisotopic (exact) mass is 227 g/mol. The van der Waals surface area contributed by atoms with Crippen molar-refractivity contribution in [3.8, 4) is 6.07 Å². The predicted octanol–water partition coefficient (Wildman–Crippen LogP) is 3.50. The van der Waals surface area contributed by atoms with Crippen molar-refractivity contribution >= 4 is 11.8 Å². The third kappa shape index (κ3) is 4.30. The summed E-state index contributed by atoms with van der Waals surface area (Å²) in [5.74, 6) is -0.191. The number of rotatable bonds is 5. The summed E-state index contributed by atoms with van der Waals surface area (Å²) in [5, 5.41) is 8.46. The molecule has 1 nitrogen and oxygen atoms in total. The van der Waals surface area contributed by atoms with Crippen LogP contribution >= 0.6 is 11.8 Å². The zero-order valence-electron chi connectivity index (χ0n) is 8.12. The minimum atomic E-state index is -2.29. The smallest absolute Gasteiger partial charge is 0.210 e. The molecule has 0 radical (unpaired) electrons. The second kappa shape index (κ2) is 6.41. The van der Waals surface area contributed by atoms with Gasteiger partial charge in [0.05, 0.1) is 11.8 Å². The SMILES string of the molecule is N#CCCc1ccccc1SCC(F)F. The number of hydrogen-bond donors (Lipinski definition) is 0. The molecular formula is C11H11F2NS. The quantitative estimate of drug-likeness (QED) is 0.719. The molecule has 0 heterocycles. The Morgan fingerprint density at radius 1 is 1.33 bits per heavy atom. The molecule has 0 saturated heterocycles. The second-order valence-electron chi connectivity index (χ2n) is 2.97. The van der Waals surface area contributed by atoms with Crippen LogP contribution < -0.4 is 0 Å². The van der Waals surface area contributed by atoms with E-state index in [4.69, 9.17) is 5.26 Å². The lowest BCUT2D eigenvalue weighted by Gasteiger charge is -2.06. The highest BCUT2D eigenvalue weighted by Crippen LogP contribution is 2.25. The maximum Gasteiger partial charge on any atom is 0.247 e. The Morgan fingerprint density at radius 3 is 2.73 bits per heavy atom. The highest BCUT2D eigenvalue weighted by molar-refractivity contribution is 7.99. The summed E-state index contributed by atoms with van der Waals surface area (Å²) in [4.78, 5) is 0.855. The Morgan fingerprint density at radius 2 is 2.07 bits per heavy atom. The fourth-order valence-corrected chi connectivity index (χ4v) is 2.03. The molecule has 0 saturated carbocycles. The van der Waals surface area contributed by atoms with E-state index in [0.717, 1.165) is 22.2 Å². The zero-order chi connectivity index (χ0) is 11.1. The summed E-state index contributed by atoms with van der Waals surface area (Å²) in [6.07, 6.45) is -1.24. The first kappa shape index (κ1) is 12.0. The molecule has 0 aliphatic heterocycles. The molecule has 0 aromatic heterocycles. The molecule has 0 N–H and O–H groups in total. The third-order valence-electron chi connectivity index (χ3n) is 1.84. The number of benzene rings is 1. The van der Waals surface area contributed by atoms with Crippen LogP contribution in [0.15, 0.2) is 29.2 Å². The van der Waals surface area contributed by atoms with E-state index in [1.54, 1.807) is 0 Å². The van der Waals surface area contributed by atoms with Gasteiger partial charge in [-0.3, -0.25) is 0 Å². The van der Waals surface area contributed by atoms with Gasteiger partial charge in [0, 0.05) is 11.3 Å². The molecule has 0 aliphatic carbocycles. The number of thioether (sulfide) groups is 1. The van der Waals surface area contributed by atoms with Gasteiger partial charge >= 0.3 is 0 Å². The Labute approximate surface area is 92.1 Å². The average Bonchev–Trinajstić information content (AvgIpc) is 2.24. The highest BCUT2D eigenvalue weighted by atomic mass is 32.2. The summed E-state index contributed by atoms with van der Waals surface area (Å²) in [6, 6.07) is 9.43. The summed E-state index contributed by atoms with van der Waals surface area (Å²) < 4.78 is 24.1. The van der Waals surface area contributed by atoms with E-state index in [-0.39, 0.29) is 5.75 Å². The van der Waals surface area contributed by atoms with Crippen LogP contribution in [0.25, 0.3) is 0 Å². The molecule has 1 rings (SSSR count). The number of alkyl halides is 2. The van der Waals surface area contributed by atoms with E-state index in [9.17, 15) is 8.78 Å². The molecule has 0 amide bonds. The minimum Gasteiger partial charge on any atom is -0.210 e. The van der Waals surface area contributed by atoms with Crippen molar-refractivity contribution in [2.24, 2.45) is 0 Å². The average molecular weight is 227 g/mol. The Kier molecular flexibility index (Phi) is 5.13. The summed E-state index contributed by atoms with van der Waals surface area (Å²) in [6.45, 7) is 0. The van der Waals surface area contributed by atoms with Crippen molar-refractivity contribution < 1.29 is 8.78 Å². The van der Waals surface area contributed by atoms with Crippen LogP contribution in [0.4, 0.5) is 8.78 Å². The van der Waals surface area contributed by atoms with Crippen LogP contribution in [0.2, 0.25) is 0 Å². The molecule has 15 heavy (non-hydrogen) atoms. The molecular weight excluding hydrogens is 216 g/mol. The van der Waals surface area contributed by atoms with Gasteiger partial charge in [0.15, 0.2) is 0 Å². The lowest BCUT2D eigenvalue weighted by atomic mass is 10.1. The van der Waals surface area contributed by atoms with Crippen molar-refractivity contribution in [2.45, 2.75) is 24.2 Å². The number of hydrogen-bond acceptors (Lipinski definition) is 2. The first-order valence-corrected chi connectivity index (χ1v) is 5.58. The lowest BCUT2D eigenvalue weighted by molar-refractivity contribution is 0.177. The van der Waals surface area contributed by atoms with Gasteiger partial charge in [-0.15, -0.1) is 11.8 Å². The molecule has 0 bridgehead atoms. The van der Waals surface area contributed by atoms with E-state index in [1.807, 2.05) is 24.3 Å². The molecule has 1 aromatic carbocycles. The Bertz CT molecular complexity index is 347. The van der Waals surface area contributed by atoms with Gasteiger partial charge in [0.25, 0.3) is 0 Å². The van der Waals surface area contributed by atoms with E-state index in [2.05, 4.69) is 6.07 Å². The molecule has 0 aliphatic rings. The maximum atomic E-state index is 12.0.